The first-order valence-electron chi connectivity index (χ1n) is 10.9. The lowest BCUT2D eigenvalue weighted by molar-refractivity contribution is -0.152. The normalized spacial score (nSPS) is 15.4. The number of rotatable bonds is 3. The van der Waals surface area contributed by atoms with E-state index in [0.29, 0.717) is 5.39 Å². The third kappa shape index (κ3) is 3.86. The maximum atomic E-state index is 14.2. The van der Waals surface area contributed by atoms with Crippen LogP contribution in [0.3, 0.4) is 0 Å². The summed E-state index contributed by atoms with van der Waals surface area (Å²) in [7, 11) is 0. The quantitative estimate of drug-likeness (QED) is 0.394. The summed E-state index contributed by atoms with van der Waals surface area (Å²) < 4.78 is 48.2. The standard InChI is InChI=1S/C26H22F3NO3/c27-26(28,29)25-22(18-10-6-8-16-7-2-3-9-17(16)18)23(32)19-11-12-21(31)20(24(19)33-25)15-30-13-4-1-5-14-30/h2-3,6-12,31H,1,4-5,13-15H2. The van der Waals surface area contributed by atoms with E-state index < -0.39 is 22.9 Å². The summed E-state index contributed by atoms with van der Waals surface area (Å²) in [5.74, 6) is -1.52. The smallest absolute Gasteiger partial charge is 0.450 e. The zero-order valence-corrected chi connectivity index (χ0v) is 17.8. The van der Waals surface area contributed by atoms with Crippen LogP contribution in [0, 0.1) is 0 Å². The molecule has 2 heterocycles. The minimum absolute atomic E-state index is 0.0238. The Morgan fingerprint density at radius 3 is 2.39 bits per heavy atom. The molecule has 1 fully saturated rings. The number of fused-ring (bicyclic) bond motifs is 2. The molecule has 0 saturated carbocycles. The van der Waals surface area contributed by atoms with Crippen molar-refractivity contribution in [3.8, 4) is 16.9 Å². The van der Waals surface area contributed by atoms with Crippen molar-refractivity contribution >= 4 is 21.7 Å². The second-order valence-corrected chi connectivity index (χ2v) is 8.44. The molecule has 1 aliphatic rings. The van der Waals surface area contributed by atoms with E-state index in [2.05, 4.69) is 4.90 Å². The number of aromatic hydroxyl groups is 1. The summed E-state index contributed by atoms with van der Waals surface area (Å²) in [5.41, 5.74) is -1.11. The fraction of sp³-hybridized carbons (Fsp3) is 0.269. The zero-order chi connectivity index (χ0) is 23.2. The van der Waals surface area contributed by atoms with Crippen LogP contribution < -0.4 is 5.43 Å². The van der Waals surface area contributed by atoms with Crippen LogP contribution >= 0.6 is 0 Å². The molecule has 4 aromatic rings. The SMILES string of the molecule is O=c1c(-c2cccc3ccccc23)c(C(F)(F)F)oc2c(CN3CCCCC3)c(O)ccc12. The summed E-state index contributed by atoms with van der Waals surface area (Å²) in [6, 6.07) is 14.6. The molecule has 5 rings (SSSR count). The first kappa shape index (κ1) is 21.5. The highest BCUT2D eigenvalue weighted by atomic mass is 19.4. The maximum absolute atomic E-state index is 14.2. The second kappa shape index (κ2) is 8.23. The molecule has 4 nitrogen and oxygen atoms in total. The Labute approximate surface area is 187 Å². The summed E-state index contributed by atoms with van der Waals surface area (Å²) >= 11 is 0. The summed E-state index contributed by atoms with van der Waals surface area (Å²) in [6.07, 6.45) is -1.84. The Bertz CT molecular complexity index is 1400. The van der Waals surface area contributed by atoms with E-state index in [9.17, 15) is 23.1 Å². The van der Waals surface area contributed by atoms with Gasteiger partial charge in [0.15, 0.2) is 0 Å². The van der Waals surface area contributed by atoms with Crippen LogP contribution in [0.4, 0.5) is 13.2 Å². The van der Waals surface area contributed by atoms with Gasteiger partial charge < -0.3 is 9.52 Å². The van der Waals surface area contributed by atoms with Crippen molar-refractivity contribution in [2.75, 3.05) is 13.1 Å². The van der Waals surface area contributed by atoms with Crippen molar-refractivity contribution in [3.05, 3.63) is 76.1 Å². The van der Waals surface area contributed by atoms with Crippen molar-refractivity contribution in [3.63, 3.8) is 0 Å². The minimum atomic E-state index is -4.90. The lowest BCUT2D eigenvalue weighted by Crippen LogP contribution is -2.29. The fourth-order valence-electron chi connectivity index (χ4n) is 4.69. The Morgan fingerprint density at radius 1 is 0.909 bits per heavy atom. The van der Waals surface area contributed by atoms with Crippen LogP contribution in [0.25, 0.3) is 32.9 Å². The number of phenolic OH excluding ortho intramolecular Hbond substituents is 1. The zero-order valence-electron chi connectivity index (χ0n) is 17.8. The van der Waals surface area contributed by atoms with E-state index >= 15 is 0 Å². The molecule has 0 radical (unpaired) electrons. The molecule has 0 amide bonds. The Morgan fingerprint density at radius 2 is 1.64 bits per heavy atom. The number of phenols is 1. The average Bonchev–Trinajstić information content (AvgIpc) is 2.80. The molecular formula is C26H22F3NO3. The van der Waals surface area contributed by atoms with E-state index in [4.69, 9.17) is 4.42 Å². The van der Waals surface area contributed by atoms with Crippen LogP contribution in [-0.4, -0.2) is 23.1 Å². The highest BCUT2D eigenvalue weighted by molar-refractivity contribution is 5.99. The van der Waals surface area contributed by atoms with E-state index in [1.165, 1.54) is 18.2 Å². The van der Waals surface area contributed by atoms with E-state index in [1.54, 1.807) is 36.4 Å². The topological polar surface area (TPSA) is 53.7 Å². The van der Waals surface area contributed by atoms with Crippen LogP contribution in [0.15, 0.2) is 63.8 Å². The largest absolute Gasteiger partial charge is 0.507 e. The third-order valence-corrected chi connectivity index (χ3v) is 6.29. The monoisotopic (exact) mass is 453 g/mol. The predicted octanol–water partition coefficient (Wildman–Crippen LogP) is 6.32. The first-order chi connectivity index (χ1) is 15.8. The Balaban J connectivity index is 1.80. The van der Waals surface area contributed by atoms with Gasteiger partial charge in [0.1, 0.15) is 11.3 Å². The number of nitrogens with zero attached hydrogens (tertiary/aromatic N) is 1. The van der Waals surface area contributed by atoms with Crippen molar-refractivity contribution in [2.45, 2.75) is 32.0 Å². The molecule has 1 aromatic heterocycles. The van der Waals surface area contributed by atoms with E-state index in [1.807, 2.05) is 0 Å². The number of likely N-dealkylation sites (tertiary alicyclic amines) is 1. The number of benzene rings is 3. The van der Waals surface area contributed by atoms with Gasteiger partial charge in [0.25, 0.3) is 0 Å². The van der Waals surface area contributed by atoms with Gasteiger partial charge in [-0.15, -0.1) is 0 Å². The van der Waals surface area contributed by atoms with Crippen molar-refractivity contribution in [2.24, 2.45) is 0 Å². The van der Waals surface area contributed by atoms with Crippen molar-refractivity contribution in [1.29, 1.82) is 0 Å². The van der Waals surface area contributed by atoms with Gasteiger partial charge in [-0.25, -0.2) is 0 Å². The number of hydrogen-bond acceptors (Lipinski definition) is 4. The molecule has 0 unspecified atom stereocenters. The number of alkyl halides is 3. The first-order valence-corrected chi connectivity index (χ1v) is 10.9. The van der Waals surface area contributed by atoms with Gasteiger partial charge in [0.05, 0.1) is 16.5 Å². The molecule has 3 aromatic carbocycles. The fourth-order valence-corrected chi connectivity index (χ4v) is 4.69. The highest BCUT2D eigenvalue weighted by Crippen LogP contribution is 2.41. The molecule has 1 N–H and O–H groups in total. The Kier molecular flexibility index (Phi) is 5.37. The van der Waals surface area contributed by atoms with Gasteiger partial charge in [-0.1, -0.05) is 48.9 Å². The summed E-state index contributed by atoms with van der Waals surface area (Å²) in [4.78, 5) is 15.6. The molecule has 170 valence electrons. The van der Waals surface area contributed by atoms with Gasteiger partial charge in [-0.05, 0) is 54.4 Å². The summed E-state index contributed by atoms with van der Waals surface area (Å²) in [5, 5.41) is 11.8. The van der Waals surface area contributed by atoms with Gasteiger partial charge in [-0.2, -0.15) is 13.2 Å². The summed E-state index contributed by atoms with van der Waals surface area (Å²) in [6.45, 7) is 1.78. The van der Waals surface area contributed by atoms with Gasteiger partial charge in [0.2, 0.25) is 11.2 Å². The number of hydrogen-bond donors (Lipinski definition) is 1. The predicted molar refractivity (Wildman–Crippen MR) is 121 cm³/mol. The molecule has 33 heavy (non-hydrogen) atoms. The molecule has 7 heteroatoms. The molecule has 0 aliphatic carbocycles. The molecule has 1 saturated heterocycles. The van der Waals surface area contributed by atoms with E-state index in [-0.39, 0.29) is 34.4 Å². The van der Waals surface area contributed by atoms with Gasteiger partial charge >= 0.3 is 6.18 Å². The molecular weight excluding hydrogens is 431 g/mol. The lowest BCUT2D eigenvalue weighted by atomic mass is 9.95. The van der Waals surface area contributed by atoms with E-state index in [0.717, 1.165) is 37.7 Å². The van der Waals surface area contributed by atoms with Crippen LogP contribution in [0.1, 0.15) is 30.6 Å². The van der Waals surface area contributed by atoms with Gasteiger partial charge in [0, 0.05) is 6.54 Å². The Hall–Kier alpha value is -3.32. The van der Waals surface area contributed by atoms with Crippen LogP contribution in [0.5, 0.6) is 5.75 Å². The van der Waals surface area contributed by atoms with Crippen LogP contribution in [0.2, 0.25) is 0 Å². The lowest BCUT2D eigenvalue weighted by Gasteiger charge is -2.27. The number of halogens is 3. The highest BCUT2D eigenvalue weighted by Gasteiger charge is 2.40. The minimum Gasteiger partial charge on any atom is -0.507 e. The maximum Gasteiger partial charge on any atom is 0.450 e. The van der Waals surface area contributed by atoms with Crippen LogP contribution in [-0.2, 0) is 12.7 Å². The average molecular weight is 453 g/mol. The van der Waals surface area contributed by atoms with Gasteiger partial charge in [-0.3, -0.25) is 9.69 Å². The second-order valence-electron chi connectivity index (χ2n) is 8.44. The third-order valence-electron chi connectivity index (χ3n) is 6.29. The number of piperidine rings is 1. The molecule has 0 atom stereocenters. The molecule has 1 aliphatic heterocycles. The molecule has 0 spiro atoms. The van der Waals surface area contributed by atoms with Crippen molar-refractivity contribution in [1.82, 2.24) is 4.90 Å². The van der Waals surface area contributed by atoms with Crippen molar-refractivity contribution < 1.29 is 22.7 Å². The molecule has 0 bridgehead atoms.